The second-order valence-electron chi connectivity index (χ2n) is 7.97. The van der Waals surface area contributed by atoms with Crippen LogP contribution >= 0.6 is 22.7 Å². The molecule has 0 N–H and O–H groups in total. The van der Waals surface area contributed by atoms with E-state index in [9.17, 15) is 0 Å². The normalized spacial score (nSPS) is 18.5. The SMILES string of the molecule is [C-]#[N+]C(C#N)=NC1=Cc2sc3c4c(sc3c2C1(C)C)C=C(N=C(C#N)[N+]#[C-])C4(C)C. The summed E-state index contributed by atoms with van der Waals surface area (Å²) in [4.78, 5) is 17.2. The van der Waals surface area contributed by atoms with Crippen LogP contribution in [-0.2, 0) is 10.8 Å². The molecule has 2 aromatic heterocycles. The Labute approximate surface area is 182 Å². The van der Waals surface area contributed by atoms with Gasteiger partial charge in [-0.1, -0.05) is 13.1 Å². The Morgan fingerprint density at radius 2 is 1.20 bits per heavy atom. The number of nitrogens with zero attached hydrogens (tertiary/aromatic N) is 6. The van der Waals surface area contributed by atoms with Gasteiger partial charge in [-0.15, -0.1) is 32.7 Å². The van der Waals surface area contributed by atoms with E-state index in [2.05, 4.69) is 47.4 Å². The van der Waals surface area contributed by atoms with Crippen molar-refractivity contribution in [1.29, 1.82) is 10.5 Å². The van der Waals surface area contributed by atoms with Gasteiger partial charge in [-0.25, -0.2) is 10.5 Å². The quantitative estimate of drug-likeness (QED) is 0.340. The van der Waals surface area contributed by atoms with Gasteiger partial charge in [0.05, 0.1) is 20.2 Å². The number of allylic oxidation sites excluding steroid dienone is 2. The van der Waals surface area contributed by atoms with Crippen LogP contribution in [0.4, 0.5) is 0 Å². The van der Waals surface area contributed by atoms with Crippen LogP contribution in [0.25, 0.3) is 31.2 Å². The molecule has 0 radical (unpaired) electrons. The number of rotatable bonds is 2. The fourth-order valence-corrected chi connectivity index (χ4v) is 7.34. The number of thiophene rings is 2. The Morgan fingerprint density at radius 3 is 1.50 bits per heavy atom. The van der Waals surface area contributed by atoms with Crippen LogP contribution in [0, 0.1) is 35.8 Å². The zero-order valence-electron chi connectivity index (χ0n) is 16.7. The van der Waals surface area contributed by atoms with Crippen LogP contribution in [0.3, 0.4) is 0 Å². The van der Waals surface area contributed by atoms with Crippen molar-refractivity contribution < 1.29 is 0 Å². The zero-order valence-corrected chi connectivity index (χ0v) is 18.3. The van der Waals surface area contributed by atoms with Gasteiger partial charge in [-0.3, -0.25) is 0 Å². The molecule has 0 spiro atoms. The summed E-state index contributed by atoms with van der Waals surface area (Å²) in [5, 5.41) is 18.2. The molecule has 0 unspecified atom stereocenters. The number of nitriles is 2. The highest BCUT2D eigenvalue weighted by atomic mass is 32.1. The third-order valence-electron chi connectivity index (χ3n) is 5.51. The maximum atomic E-state index is 9.08. The monoisotopic (exact) mass is 426 g/mol. The standard InChI is InChI=1S/C22H14N6S2/c1-21(2)13(27-15(9-23)25-5)7-11-17(21)19-20(29-11)18-12(30-19)8-14(22(18,3)4)28-16(10-24)26-6/h7-8H,1-4H3. The number of amidine groups is 2. The van der Waals surface area contributed by atoms with Crippen molar-refractivity contribution in [1.82, 2.24) is 0 Å². The molecule has 0 atom stereocenters. The van der Waals surface area contributed by atoms with Crippen LogP contribution < -0.4 is 0 Å². The lowest BCUT2D eigenvalue weighted by Crippen LogP contribution is -2.17. The largest absolute Gasteiger partial charge is 0.351 e. The van der Waals surface area contributed by atoms with Gasteiger partial charge in [-0.05, 0) is 27.7 Å². The zero-order chi connectivity index (χ0) is 21.8. The molecule has 8 heteroatoms. The minimum absolute atomic E-state index is 0.158. The predicted octanol–water partition coefficient (Wildman–Crippen LogP) is 5.91. The molecule has 0 bridgehead atoms. The molecule has 0 amide bonds. The number of aliphatic imine (C=N–C) groups is 2. The molecule has 2 aliphatic carbocycles. The molecular formula is C22H14N6S2. The fourth-order valence-electron chi connectivity index (χ4n) is 3.94. The van der Waals surface area contributed by atoms with Gasteiger partial charge >= 0.3 is 11.7 Å². The van der Waals surface area contributed by atoms with Crippen molar-refractivity contribution in [3.63, 3.8) is 0 Å². The molecule has 30 heavy (non-hydrogen) atoms. The Hall–Kier alpha value is -3.56. The number of hydrogen-bond acceptors (Lipinski definition) is 6. The topological polar surface area (TPSA) is 81.0 Å². The second kappa shape index (κ2) is 6.48. The minimum atomic E-state index is -0.411. The average Bonchev–Trinajstić information content (AvgIpc) is 3.35. The van der Waals surface area contributed by atoms with Crippen molar-refractivity contribution >= 4 is 55.9 Å². The highest BCUT2D eigenvalue weighted by Gasteiger charge is 2.45. The van der Waals surface area contributed by atoms with E-state index in [1.807, 2.05) is 24.3 Å². The minimum Gasteiger partial charge on any atom is -0.351 e. The second-order valence-corrected chi connectivity index (χ2v) is 10.1. The Balaban J connectivity index is 1.88. The first-order valence-corrected chi connectivity index (χ1v) is 10.6. The first kappa shape index (κ1) is 19.7. The maximum absolute atomic E-state index is 9.08. The Morgan fingerprint density at radius 1 is 0.833 bits per heavy atom. The summed E-state index contributed by atoms with van der Waals surface area (Å²) in [6.45, 7) is 22.5. The highest BCUT2D eigenvalue weighted by molar-refractivity contribution is 7.29. The van der Waals surface area contributed by atoms with Crippen LogP contribution in [-0.4, -0.2) is 11.7 Å². The molecule has 0 aromatic carbocycles. The molecule has 0 aliphatic heterocycles. The third-order valence-corrected chi connectivity index (χ3v) is 7.95. The summed E-state index contributed by atoms with van der Waals surface area (Å²) in [5.41, 5.74) is 2.98. The van der Waals surface area contributed by atoms with Crippen LogP contribution in [0.5, 0.6) is 0 Å². The fraction of sp³-hybridized carbons (Fsp3) is 0.273. The third kappa shape index (κ3) is 2.56. The smallest absolute Gasteiger partial charge is 0.349 e. The van der Waals surface area contributed by atoms with E-state index >= 15 is 0 Å². The van der Waals surface area contributed by atoms with Gasteiger partial charge in [0, 0.05) is 33.0 Å². The highest BCUT2D eigenvalue weighted by Crippen LogP contribution is 2.57. The van der Waals surface area contributed by atoms with Crippen molar-refractivity contribution in [2.45, 2.75) is 38.5 Å². The van der Waals surface area contributed by atoms with E-state index in [1.165, 1.54) is 20.5 Å². The van der Waals surface area contributed by atoms with Crippen molar-refractivity contribution in [2.24, 2.45) is 9.98 Å². The van der Waals surface area contributed by atoms with E-state index < -0.39 is 10.8 Å². The Kier molecular flexibility index (Phi) is 4.26. The van der Waals surface area contributed by atoms with Gasteiger partial charge in [-0.2, -0.15) is 0 Å². The van der Waals surface area contributed by atoms with E-state index in [4.69, 9.17) is 23.7 Å². The molecule has 0 fully saturated rings. The summed E-state index contributed by atoms with van der Waals surface area (Å²) in [6, 6.07) is 3.68. The lowest BCUT2D eigenvalue weighted by atomic mass is 9.84. The molecular weight excluding hydrogens is 412 g/mol. The average molecular weight is 427 g/mol. The molecule has 2 aliphatic rings. The number of fused-ring (bicyclic) bond motifs is 5. The first-order chi connectivity index (χ1) is 14.2. The molecule has 144 valence electrons. The number of hydrogen-bond donors (Lipinski definition) is 0. The van der Waals surface area contributed by atoms with E-state index in [-0.39, 0.29) is 11.7 Å². The molecule has 2 heterocycles. The Bertz CT molecular complexity index is 1280. The summed E-state index contributed by atoms with van der Waals surface area (Å²) >= 11 is 3.36. The van der Waals surface area contributed by atoms with Crippen molar-refractivity contribution in [3.8, 4) is 12.1 Å². The molecule has 6 nitrogen and oxygen atoms in total. The van der Waals surface area contributed by atoms with Gasteiger partial charge in [0.15, 0.2) is 0 Å². The van der Waals surface area contributed by atoms with Gasteiger partial charge in [0.25, 0.3) is 0 Å². The summed E-state index contributed by atoms with van der Waals surface area (Å²) in [6.07, 6.45) is 3.95. The summed E-state index contributed by atoms with van der Waals surface area (Å²) < 4.78 is 2.37. The molecule has 4 rings (SSSR count). The first-order valence-electron chi connectivity index (χ1n) is 8.96. The lowest BCUT2D eigenvalue weighted by Gasteiger charge is -2.19. The van der Waals surface area contributed by atoms with Gasteiger partial charge < -0.3 is 9.69 Å². The van der Waals surface area contributed by atoms with Gasteiger partial charge in [0.1, 0.15) is 23.5 Å². The predicted molar refractivity (Wildman–Crippen MR) is 121 cm³/mol. The summed E-state index contributed by atoms with van der Waals surface area (Å²) in [5.74, 6) is -0.317. The van der Waals surface area contributed by atoms with E-state index in [0.29, 0.717) is 0 Å². The van der Waals surface area contributed by atoms with E-state index in [0.717, 1.165) is 21.1 Å². The summed E-state index contributed by atoms with van der Waals surface area (Å²) in [7, 11) is 0. The van der Waals surface area contributed by atoms with Crippen LogP contribution in [0.15, 0.2) is 21.4 Å². The van der Waals surface area contributed by atoms with Crippen molar-refractivity contribution in [2.75, 3.05) is 0 Å². The molecule has 0 saturated heterocycles. The van der Waals surface area contributed by atoms with Crippen LogP contribution in [0.2, 0.25) is 0 Å². The van der Waals surface area contributed by atoms with E-state index in [1.54, 1.807) is 22.7 Å². The maximum Gasteiger partial charge on any atom is 0.349 e. The van der Waals surface area contributed by atoms with Crippen LogP contribution in [0.1, 0.15) is 48.6 Å². The van der Waals surface area contributed by atoms with Crippen molar-refractivity contribution in [3.05, 3.63) is 55.1 Å². The molecule has 0 saturated carbocycles. The van der Waals surface area contributed by atoms with Gasteiger partial charge in [0.2, 0.25) is 0 Å². The lowest BCUT2D eigenvalue weighted by molar-refractivity contribution is 0.638. The molecule has 2 aromatic rings.